The van der Waals surface area contributed by atoms with Gasteiger partial charge in [0.25, 0.3) is 0 Å². The van der Waals surface area contributed by atoms with Gasteiger partial charge in [0, 0.05) is 19.5 Å². The van der Waals surface area contributed by atoms with Gasteiger partial charge in [-0.2, -0.15) is 0 Å². The fraction of sp³-hybridized carbons (Fsp3) is 0.643. The molecule has 0 unspecified atom stereocenters. The van der Waals surface area contributed by atoms with E-state index in [1.807, 2.05) is 7.05 Å². The Morgan fingerprint density at radius 1 is 1.33 bits per heavy atom. The number of nitrogens with zero attached hydrogens (tertiary/aromatic N) is 1. The summed E-state index contributed by atoms with van der Waals surface area (Å²) in [6, 6.07) is 0. The van der Waals surface area contributed by atoms with E-state index < -0.39 is 0 Å². The summed E-state index contributed by atoms with van der Waals surface area (Å²) in [5, 5.41) is 0. The number of nitrogens with two attached hydrogens (primary N) is 1. The summed E-state index contributed by atoms with van der Waals surface area (Å²) in [6.07, 6.45) is 4.96. The van der Waals surface area contributed by atoms with Crippen molar-refractivity contribution in [1.82, 2.24) is 4.90 Å². The van der Waals surface area contributed by atoms with Crippen molar-refractivity contribution in [3.8, 4) is 0 Å². The predicted octanol–water partition coefficient (Wildman–Crippen LogP) is 2.62. The van der Waals surface area contributed by atoms with Gasteiger partial charge in [-0.05, 0) is 24.8 Å². The average Bonchev–Trinajstić information content (AvgIpc) is 2.27. The molecule has 0 aliphatic rings. The van der Waals surface area contributed by atoms with Crippen molar-refractivity contribution in [3.05, 3.63) is 25.3 Å². The van der Waals surface area contributed by atoms with Crippen molar-refractivity contribution >= 4 is 18.3 Å². The topological polar surface area (TPSA) is 46.3 Å². The fourth-order valence-corrected chi connectivity index (χ4v) is 1.80. The third-order valence-electron chi connectivity index (χ3n) is 2.85. The summed E-state index contributed by atoms with van der Waals surface area (Å²) < 4.78 is 0. The first kappa shape index (κ1) is 19.5. The fourth-order valence-electron chi connectivity index (χ4n) is 1.80. The van der Waals surface area contributed by atoms with E-state index in [1.54, 1.807) is 17.1 Å². The summed E-state index contributed by atoms with van der Waals surface area (Å²) in [5.74, 6) is 0.106. The van der Waals surface area contributed by atoms with E-state index >= 15 is 0 Å². The molecule has 0 aliphatic carbocycles. The summed E-state index contributed by atoms with van der Waals surface area (Å²) >= 11 is 0. The highest BCUT2D eigenvalue weighted by molar-refractivity contribution is 5.85. The smallest absolute Gasteiger partial charge is 0.226 e. The lowest BCUT2D eigenvalue weighted by atomic mass is 9.92. The molecule has 0 heterocycles. The first-order valence-electron chi connectivity index (χ1n) is 6.04. The molecule has 0 fully saturated rings. The molecule has 0 aliphatic heterocycles. The third-order valence-corrected chi connectivity index (χ3v) is 2.85. The second kappa shape index (κ2) is 9.17. The summed E-state index contributed by atoms with van der Waals surface area (Å²) in [6.45, 7) is 12.7. The van der Waals surface area contributed by atoms with E-state index in [-0.39, 0.29) is 29.6 Å². The van der Waals surface area contributed by atoms with Crippen LogP contribution in [0.5, 0.6) is 0 Å². The van der Waals surface area contributed by atoms with Crippen molar-refractivity contribution in [2.24, 2.45) is 17.1 Å². The highest BCUT2D eigenvalue weighted by Gasteiger charge is 2.25. The molecule has 0 spiro atoms. The van der Waals surface area contributed by atoms with E-state index in [2.05, 4.69) is 27.0 Å². The minimum absolute atomic E-state index is 0. The second-order valence-corrected chi connectivity index (χ2v) is 5.31. The van der Waals surface area contributed by atoms with Crippen LogP contribution in [0.15, 0.2) is 25.3 Å². The molecule has 2 N–H and O–H groups in total. The molecular weight excluding hydrogens is 248 g/mol. The molecule has 3 nitrogen and oxygen atoms in total. The number of amides is 1. The minimum Gasteiger partial charge on any atom is -0.345 e. The molecule has 0 saturated carbocycles. The van der Waals surface area contributed by atoms with Crippen molar-refractivity contribution in [2.75, 3.05) is 20.1 Å². The van der Waals surface area contributed by atoms with Crippen LogP contribution in [0.4, 0.5) is 0 Å². The van der Waals surface area contributed by atoms with E-state index in [4.69, 9.17) is 5.73 Å². The van der Waals surface area contributed by atoms with Gasteiger partial charge < -0.3 is 10.6 Å². The van der Waals surface area contributed by atoms with Gasteiger partial charge in [-0.3, -0.25) is 4.79 Å². The number of hydrogen-bond acceptors (Lipinski definition) is 2. The van der Waals surface area contributed by atoms with Gasteiger partial charge in [-0.25, -0.2) is 0 Å². The first-order chi connectivity index (χ1) is 7.87. The lowest BCUT2D eigenvalue weighted by Crippen LogP contribution is -2.42. The standard InChI is InChI=1S/C14H26N2O.ClH/c1-6-8-12(9-7-2)13(17)16(5)11-14(3,4)10-15;/h6-7,12H,1-2,8-11,15H2,3-5H3;1H. The maximum atomic E-state index is 12.2. The van der Waals surface area contributed by atoms with Crippen LogP contribution < -0.4 is 5.73 Å². The molecule has 18 heavy (non-hydrogen) atoms. The zero-order valence-electron chi connectivity index (χ0n) is 11.8. The van der Waals surface area contributed by atoms with Crippen LogP contribution in [0.25, 0.3) is 0 Å². The van der Waals surface area contributed by atoms with Crippen molar-refractivity contribution < 1.29 is 4.79 Å². The van der Waals surface area contributed by atoms with Gasteiger partial charge in [0.2, 0.25) is 5.91 Å². The van der Waals surface area contributed by atoms with Gasteiger partial charge in [0.15, 0.2) is 0 Å². The van der Waals surface area contributed by atoms with Crippen LogP contribution >= 0.6 is 12.4 Å². The Balaban J connectivity index is 0. The molecule has 0 rings (SSSR count). The number of halogens is 1. The largest absolute Gasteiger partial charge is 0.345 e. The Bertz CT molecular complexity index is 267. The minimum atomic E-state index is -0.0443. The molecule has 0 aromatic carbocycles. The Hall–Kier alpha value is -0.800. The molecular formula is C14H27ClN2O. The normalized spacial score (nSPS) is 10.7. The predicted molar refractivity (Wildman–Crippen MR) is 80.8 cm³/mol. The zero-order chi connectivity index (χ0) is 13.5. The molecule has 0 radical (unpaired) electrons. The Morgan fingerprint density at radius 2 is 1.78 bits per heavy atom. The Labute approximate surface area is 118 Å². The number of carbonyl (C=O) groups excluding carboxylic acids is 1. The average molecular weight is 275 g/mol. The van der Waals surface area contributed by atoms with Crippen LogP contribution in [0, 0.1) is 11.3 Å². The summed E-state index contributed by atoms with van der Waals surface area (Å²) in [7, 11) is 1.83. The zero-order valence-corrected chi connectivity index (χ0v) is 12.6. The van der Waals surface area contributed by atoms with E-state index in [9.17, 15) is 4.79 Å². The third kappa shape index (κ3) is 6.82. The van der Waals surface area contributed by atoms with Gasteiger partial charge >= 0.3 is 0 Å². The summed E-state index contributed by atoms with van der Waals surface area (Å²) in [5.41, 5.74) is 5.63. The number of allylic oxidation sites excluding steroid dienone is 2. The van der Waals surface area contributed by atoms with Gasteiger partial charge in [0.1, 0.15) is 0 Å². The molecule has 0 aromatic heterocycles. The molecule has 0 aromatic rings. The van der Waals surface area contributed by atoms with Crippen molar-refractivity contribution in [3.63, 3.8) is 0 Å². The molecule has 1 amide bonds. The van der Waals surface area contributed by atoms with E-state index in [0.29, 0.717) is 25.9 Å². The Kier molecular flexibility index (Phi) is 9.96. The van der Waals surface area contributed by atoms with Crippen LogP contribution in [0.3, 0.4) is 0 Å². The van der Waals surface area contributed by atoms with Gasteiger partial charge in [-0.15, -0.1) is 25.6 Å². The molecule has 4 heteroatoms. The van der Waals surface area contributed by atoms with Gasteiger partial charge in [-0.1, -0.05) is 26.0 Å². The SMILES string of the molecule is C=CCC(CC=C)C(=O)N(C)CC(C)(C)CN.Cl. The maximum absolute atomic E-state index is 12.2. The highest BCUT2D eigenvalue weighted by Crippen LogP contribution is 2.18. The van der Waals surface area contributed by atoms with Crippen molar-refractivity contribution in [1.29, 1.82) is 0 Å². The monoisotopic (exact) mass is 274 g/mol. The molecule has 0 atom stereocenters. The number of carbonyl (C=O) groups is 1. The summed E-state index contributed by atoms with van der Waals surface area (Å²) in [4.78, 5) is 14.0. The molecule has 0 bridgehead atoms. The van der Waals surface area contributed by atoms with Gasteiger partial charge in [0.05, 0.1) is 0 Å². The van der Waals surface area contributed by atoms with Crippen LogP contribution in [0.2, 0.25) is 0 Å². The first-order valence-corrected chi connectivity index (χ1v) is 6.04. The molecule has 106 valence electrons. The maximum Gasteiger partial charge on any atom is 0.226 e. The Morgan fingerprint density at radius 3 is 2.11 bits per heavy atom. The quantitative estimate of drug-likeness (QED) is 0.692. The van der Waals surface area contributed by atoms with E-state index in [0.717, 1.165) is 0 Å². The van der Waals surface area contributed by atoms with E-state index in [1.165, 1.54) is 0 Å². The van der Waals surface area contributed by atoms with Crippen LogP contribution in [0.1, 0.15) is 26.7 Å². The lowest BCUT2D eigenvalue weighted by Gasteiger charge is -2.31. The highest BCUT2D eigenvalue weighted by atomic mass is 35.5. The number of rotatable bonds is 8. The van der Waals surface area contributed by atoms with Crippen molar-refractivity contribution in [2.45, 2.75) is 26.7 Å². The van der Waals surface area contributed by atoms with Crippen LogP contribution in [-0.4, -0.2) is 30.9 Å². The second-order valence-electron chi connectivity index (χ2n) is 5.31. The number of hydrogen-bond donors (Lipinski definition) is 1. The lowest BCUT2D eigenvalue weighted by molar-refractivity contribution is -0.135. The molecule has 0 saturated heterocycles. The van der Waals surface area contributed by atoms with Crippen LogP contribution in [-0.2, 0) is 4.79 Å².